The van der Waals surface area contributed by atoms with Crippen LogP contribution < -0.4 is 4.72 Å². The highest BCUT2D eigenvalue weighted by Gasteiger charge is 2.21. The van der Waals surface area contributed by atoms with Crippen molar-refractivity contribution in [2.24, 2.45) is 5.41 Å². The van der Waals surface area contributed by atoms with Crippen LogP contribution in [0.4, 0.5) is 0 Å². The Labute approximate surface area is 95.7 Å². The number of aliphatic hydroxyl groups excluding tert-OH is 1. The molecule has 0 rings (SSSR count). The van der Waals surface area contributed by atoms with Crippen LogP contribution in [-0.2, 0) is 14.8 Å². The van der Waals surface area contributed by atoms with E-state index >= 15 is 0 Å². The molecule has 0 aliphatic heterocycles. The smallest absolute Gasteiger partial charge is 0.332 e. The van der Waals surface area contributed by atoms with E-state index in [1.54, 1.807) is 20.8 Å². The summed E-state index contributed by atoms with van der Waals surface area (Å²) in [6.45, 7) is 5.29. The molecule has 3 N–H and O–H groups in total. The summed E-state index contributed by atoms with van der Waals surface area (Å²) in [4.78, 5) is 10.3. The SMILES string of the molecule is CC(C)(C)CS(=O)(=O)NCCC(O)C(=O)O. The third-order valence-corrected chi connectivity index (χ3v) is 3.54. The molecule has 0 fully saturated rings. The lowest BCUT2D eigenvalue weighted by Gasteiger charge is -2.18. The van der Waals surface area contributed by atoms with Gasteiger partial charge in [0.2, 0.25) is 10.0 Å². The molecule has 0 saturated carbocycles. The van der Waals surface area contributed by atoms with E-state index in [0.29, 0.717) is 0 Å². The van der Waals surface area contributed by atoms with Gasteiger partial charge in [0, 0.05) is 6.54 Å². The zero-order valence-corrected chi connectivity index (χ0v) is 10.5. The number of aliphatic hydroxyl groups is 1. The molecule has 0 aromatic rings. The summed E-state index contributed by atoms with van der Waals surface area (Å²) >= 11 is 0. The molecule has 0 aliphatic rings. The first kappa shape index (κ1) is 15.3. The van der Waals surface area contributed by atoms with E-state index in [-0.39, 0.29) is 24.1 Å². The molecule has 0 heterocycles. The minimum absolute atomic E-state index is 0.0385. The van der Waals surface area contributed by atoms with E-state index in [4.69, 9.17) is 10.2 Å². The molecule has 96 valence electrons. The average Bonchev–Trinajstić information content (AvgIpc) is 1.98. The van der Waals surface area contributed by atoms with Gasteiger partial charge in [0.05, 0.1) is 5.75 Å². The molecular weight excluding hydrogens is 234 g/mol. The Morgan fingerprint density at radius 1 is 1.38 bits per heavy atom. The van der Waals surface area contributed by atoms with Crippen LogP contribution in [0, 0.1) is 5.41 Å². The Hall–Kier alpha value is -0.660. The Bertz CT molecular complexity index is 330. The number of carboxylic acids is 1. The van der Waals surface area contributed by atoms with Crippen molar-refractivity contribution in [3.63, 3.8) is 0 Å². The normalized spacial score (nSPS) is 14.8. The molecule has 7 heteroatoms. The number of hydrogen-bond acceptors (Lipinski definition) is 4. The molecular formula is C9H19NO5S. The van der Waals surface area contributed by atoms with Gasteiger partial charge in [-0.2, -0.15) is 0 Å². The van der Waals surface area contributed by atoms with Crippen molar-refractivity contribution in [3.05, 3.63) is 0 Å². The molecule has 0 aliphatic carbocycles. The number of aliphatic carboxylic acids is 1. The van der Waals surface area contributed by atoms with Crippen LogP contribution in [0.3, 0.4) is 0 Å². The zero-order chi connectivity index (χ0) is 13.0. The van der Waals surface area contributed by atoms with Crippen molar-refractivity contribution in [1.82, 2.24) is 4.72 Å². The molecule has 0 aromatic carbocycles. The molecule has 0 radical (unpaired) electrons. The zero-order valence-electron chi connectivity index (χ0n) is 9.73. The fourth-order valence-corrected chi connectivity index (χ4v) is 2.77. The summed E-state index contributed by atoms with van der Waals surface area (Å²) in [6, 6.07) is 0. The molecule has 0 saturated heterocycles. The van der Waals surface area contributed by atoms with E-state index in [1.165, 1.54) is 0 Å². The average molecular weight is 253 g/mol. The van der Waals surface area contributed by atoms with Crippen molar-refractivity contribution in [2.45, 2.75) is 33.3 Å². The van der Waals surface area contributed by atoms with Gasteiger partial charge in [0.25, 0.3) is 0 Å². The summed E-state index contributed by atoms with van der Waals surface area (Å²) in [5.41, 5.74) is -0.364. The predicted octanol–water partition coefficient (Wildman–Crippen LogP) is -0.212. The molecule has 6 nitrogen and oxygen atoms in total. The summed E-state index contributed by atoms with van der Waals surface area (Å²) in [7, 11) is -3.41. The Morgan fingerprint density at radius 2 is 1.88 bits per heavy atom. The predicted molar refractivity (Wildman–Crippen MR) is 59.5 cm³/mol. The Morgan fingerprint density at radius 3 is 2.25 bits per heavy atom. The van der Waals surface area contributed by atoms with Gasteiger partial charge in [-0.15, -0.1) is 0 Å². The largest absolute Gasteiger partial charge is 0.479 e. The summed E-state index contributed by atoms with van der Waals surface area (Å²) in [5.74, 6) is -1.39. The van der Waals surface area contributed by atoms with Gasteiger partial charge in [-0.05, 0) is 11.8 Å². The molecule has 1 unspecified atom stereocenters. The van der Waals surface area contributed by atoms with Crippen LogP contribution in [0.2, 0.25) is 0 Å². The van der Waals surface area contributed by atoms with E-state index in [1.807, 2.05) is 0 Å². The molecule has 0 amide bonds. The third kappa shape index (κ3) is 7.61. The van der Waals surface area contributed by atoms with Gasteiger partial charge in [0.1, 0.15) is 0 Å². The van der Waals surface area contributed by atoms with Gasteiger partial charge in [-0.3, -0.25) is 0 Å². The first-order valence-electron chi connectivity index (χ1n) is 4.92. The lowest BCUT2D eigenvalue weighted by atomic mass is 10.0. The van der Waals surface area contributed by atoms with Crippen molar-refractivity contribution >= 4 is 16.0 Å². The van der Waals surface area contributed by atoms with Gasteiger partial charge in [-0.1, -0.05) is 20.8 Å². The van der Waals surface area contributed by atoms with Crippen LogP contribution in [0.1, 0.15) is 27.2 Å². The highest BCUT2D eigenvalue weighted by atomic mass is 32.2. The number of nitrogens with one attached hydrogen (secondary N) is 1. The van der Waals surface area contributed by atoms with Crippen LogP contribution in [0.5, 0.6) is 0 Å². The monoisotopic (exact) mass is 253 g/mol. The number of carbonyl (C=O) groups is 1. The van der Waals surface area contributed by atoms with Crippen molar-refractivity contribution in [3.8, 4) is 0 Å². The number of rotatable bonds is 6. The van der Waals surface area contributed by atoms with Gasteiger partial charge >= 0.3 is 5.97 Å². The quantitative estimate of drug-likeness (QED) is 0.607. The van der Waals surface area contributed by atoms with E-state index in [2.05, 4.69) is 4.72 Å². The maximum atomic E-state index is 11.5. The van der Waals surface area contributed by atoms with Crippen molar-refractivity contribution in [2.75, 3.05) is 12.3 Å². The second-order valence-electron chi connectivity index (χ2n) is 4.86. The van der Waals surface area contributed by atoms with E-state index in [9.17, 15) is 13.2 Å². The highest BCUT2D eigenvalue weighted by molar-refractivity contribution is 7.89. The first-order chi connectivity index (χ1) is 7.03. The third-order valence-electron chi connectivity index (χ3n) is 1.65. The van der Waals surface area contributed by atoms with E-state index in [0.717, 1.165) is 0 Å². The van der Waals surface area contributed by atoms with Crippen molar-refractivity contribution < 1.29 is 23.4 Å². The number of hydrogen-bond donors (Lipinski definition) is 3. The first-order valence-corrected chi connectivity index (χ1v) is 6.57. The van der Waals surface area contributed by atoms with Crippen molar-refractivity contribution in [1.29, 1.82) is 0 Å². The second kappa shape index (κ2) is 5.60. The summed E-state index contributed by atoms with van der Waals surface area (Å²) < 4.78 is 25.2. The van der Waals surface area contributed by atoms with Gasteiger partial charge in [0.15, 0.2) is 6.10 Å². The molecule has 16 heavy (non-hydrogen) atoms. The standard InChI is InChI=1S/C9H19NO5S/c1-9(2,3)6-16(14,15)10-5-4-7(11)8(12)13/h7,10-11H,4-6H2,1-3H3,(H,12,13). The minimum atomic E-state index is -3.41. The van der Waals surface area contributed by atoms with E-state index < -0.39 is 22.1 Å². The topological polar surface area (TPSA) is 104 Å². The molecule has 0 spiro atoms. The van der Waals surface area contributed by atoms with Crippen LogP contribution >= 0.6 is 0 Å². The maximum absolute atomic E-state index is 11.5. The summed E-state index contributed by atoms with van der Waals surface area (Å²) in [5, 5.41) is 17.3. The summed E-state index contributed by atoms with van der Waals surface area (Å²) in [6.07, 6.45) is -1.67. The fourth-order valence-electron chi connectivity index (χ4n) is 1.10. The molecule has 0 aromatic heterocycles. The minimum Gasteiger partial charge on any atom is -0.479 e. The van der Waals surface area contributed by atoms with Crippen LogP contribution in [-0.4, -0.2) is 43.0 Å². The highest BCUT2D eigenvalue weighted by Crippen LogP contribution is 2.15. The maximum Gasteiger partial charge on any atom is 0.332 e. The second-order valence-corrected chi connectivity index (χ2v) is 6.66. The Balaban J connectivity index is 4.07. The van der Waals surface area contributed by atoms with Crippen LogP contribution in [0.15, 0.2) is 0 Å². The molecule has 1 atom stereocenters. The molecule has 0 bridgehead atoms. The van der Waals surface area contributed by atoms with Crippen LogP contribution in [0.25, 0.3) is 0 Å². The number of sulfonamides is 1. The van der Waals surface area contributed by atoms with Gasteiger partial charge < -0.3 is 10.2 Å². The lowest BCUT2D eigenvalue weighted by Crippen LogP contribution is -2.35. The van der Waals surface area contributed by atoms with Gasteiger partial charge in [-0.25, -0.2) is 17.9 Å². The Kier molecular flexibility index (Phi) is 5.37. The fraction of sp³-hybridized carbons (Fsp3) is 0.889. The lowest BCUT2D eigenvalue weighted by molar-refractivity contribution is -0.146. The number of carboxylic acid groups (broad SMARTS) is 1.